The molecule has 2 saturated heterocycles. The minimum Gasteiger partial charge on any atom is -0.481 e. The van der Waals surface area contributed by atoms with Crippen LogP contribution in [0.4, 0.5) is 4.79 Å². The van der Waals surface area contributed by atoms with E-state index in [0.717, 1.165) is 31.6 Å². The number of amides is 2. The second-order valence-corrected chi connectivity index (χ2v) is 6.12. The maximum atomic E-state index is 11.7. The molecule has 0 saturated carbocycles. The molecule has 0 aliphatic carbocycles. The molecule has 2 amide bonds. The number of carboxylic acid groups (broad SMARTS) is 1. The van der Waals surface area contributed by atoms with E-state index >= 15 is 0 Å². The molecule has 0 bridgehead atoms. The smallest absolute Gasteiger partial charge is 0.318 e. The van der Waals surface area contributed by atoms with Gasteiger partial charge in [-0.1, -0.05) is 6.42 Å². The molecule has 102 valence electrons. The number of aliphatic carboxylic acids is 1. The number of carbonyl (C=O) groups is 2. The zero-order valence-corrected chi connectivity index (χ0v) is 11.4. The van der Waals surface area contributed by atoms with E-state index in [0.29, 0.717) is 11.3 Å². The van der Waals surface area contributed by atoms with E-state index in [1.807, 2.05) is 23.6 Å². The van der Waals surface area contributed by atoms with Crippen molar-refractivity contribution in [1.82, 2.24) is 10.2 Å². The number of rotatable bonds is 6. The van der Waals surface area contributed by atoms with Crippen molar-refractivity contribution < 1.29 is 14.7 Å². The van der Waals surface area contributed by atoms with Crippen LogP contribution in [0.2, 0.25) is 0 Å². The Morgan fingerprint density at radius 1 is 1.56 bits per heavy atom. The van der Waals surface area contributed by atoms with Crippen molar-refractivity contribution in [3.63, 3.8) is 0 Å². The minimum absolute atomic E-state index is 0.0586. The van der Waals surface area contributed by atoms with Gasteiger partial charge in [0.25, 0.3) is 0 Å². The maximum Gasteiger partial charge on any atom is 0.318 e. The van der Waals surface area contributed by atoms with Crippen LogP contribution in [0.1, 0.15) is 32.6 Å². The molecule has 0 spiro atoms. The van der Waals surface area contributed by atoms with E-state index in [-0.39, 0.29) is 18.5 Å². The van der Waals surface area contributed by atoms with Crippen molar-refractivity contribution in [2.75, 3.05) is 12.3 Å². The van der Waals surface area contributed by atoms with Gasteiger partial charge in [-0.15, -0.1) is 0 Å². The van der Waals surface area contributed by atoms with Gasteiger partial charge in [-0.05, 0) is 19.8 Å². The fourth-order valence-electron chi connectivity index (χ4n) is 2.84. The summed E-state index contributed by atoms with van der Waals surface area (Å²) in [6.45, 7) is 2.76. The highest BCUT2D eigenvalue weighted by Gasteiger charge is 2.47. The lowest BCUT2D eigenvalue weighted by Crippen LogP contribution is -2.40. The van der Waals surface area contributed by atoms with Crippen LogP contribution < -0.4 is 5.32 Å². The number of nitrogens with one attached hydrogen (secondary N) is 1. The number of unbranched alkanes of at least 4 members (excludes halogenated alkanes) is 1. The molecule has 0 aromatic heterocycles. The van der Waals surface area contributed by atoms with Gasteiger partial charge < -0.3 is 15.3 Å². The molecule has 0 aromatic carbocycles. The lowest BCUT2D eigenvalue weighted by atomic mass is 10.0. The van der Waals surface area contributed by atoms with Crippen LogP contribution in [0.25, 0.3) is 0 Å². The Hall–Kier alpha value is -0.910. The average Bonchev–Trinajstić information content (AvgIpc) is 2.82. The molecule has 2 heterocycles. The third-order valence-electron chi connectivity index (χ3n) is 3.68. The van der Waals surface area contributed by atoms with Gasteiger partial charge in [0.05, 0.1) is 12.1 Å². The molecule has 0 radical (unpaired) electrons. The van der Waals surface area contributed by atoms with Gasteiger partial charge in [0, 0.05) is 24.0 Å². The van der Waals surface area contributed by atoms with E-state index < -0.39 is 5.97 Å². The first kappa shape index (κ1) is 13.5. The fraction of sp³-hybridized carbons (Fsp3) is 0.833. The van der Waals surface area contributed by atoms with Crippen LogP contribution in [-0.2, 0) is 4.79 Å². The molecule has 2 rings (SSSR count). The fourth-order valence-corrected chi connectivity index (χ4v) is 4.44. The van der Waals surface area contributed by atoms with Crippen LogP contribution >= 0.6 is 11.8 Å². The highest BCUT2D eigenvalue weighted by molar-refractivity contribution is 8.00. The summed E-state index contributed by atoms with van der Waals surface area (Å²) in [6.07, 6.45) is 2.92. The summed E-state index contributed by atoms with van der Waals surface area (Å²) in [7, 11) is 0. The van der Waals surface area contributed by atoms with Crippen molar-refractivity contribution in [3.05, 3.63) is 0 Å². The summed E-state index contributed by atoms with van der Waals surface area (Å²) in [5.41, 5.74) is 0. The maximum absolute atomic E-state index is 11.7. The molecule has 6 heteroatoms. The van der Waals surface area contributed by atoms with Crippen molar-refractivity contribution in [1.29, 1.82) is 0 Å². The number of thioether (sulfide) groups is 1. The predicted octanol–water partition coefficient (Wildman–Crippen LogP) is 1.53. The van der Waals surface area contributed by atoms with Crippen LogP contribution in [-0.4, -0.2) is 51.6 Å². The molecule has 18 heavy (non-hydrogen) atoms. The number of urea groups is 1. The van der Waals surface area contributed by atoms with Crippen LogP contribution in [0, 0.1) is 0 Å². The molecule has 3 atom stereocenters. The third-order valence-corrected chi connectivity index (χ3v) is 5.18. The molecule has 2 aliphatic rings. The topological polar surface area (TPSA) is 69.6 Å². The van der Waals surface area contributed by atoms with E-state index in [2.05, 4.69) is 5.32 Å². The first-order valence-corrected chi connectivity index (χ1v) is 7.59. The summed E-state index contributed by atoms with van der Waals surface area (Å²) in [5.74, 6) is 0.260. The number of hydrogen-bond acceptors (Lipinski definition) is 3. The number of carboxylic acids is 1. The van der Waals surface area contributed by atoms with Crippen LogP contribution in [0.3, 0.4) is 0 Å². The lowest BCUT2D eigenvalue weighted by molar-refractivity contribution is -0.137. The summed E-state index contributed by atoms with van der Waals surface area (Å²) in [6, 6.07) is 0.646. The van der Waals surface area contributed by atoms with Gasteiger partial charge in [-0.3, -0.25) is 4.79 Å². The standard InChI is InChI=1S/C12H20N2O3S/c1-2-14-11-8(13-12(14)17)7-18-9(11)5-3-4-6-10(15)16/h8-9,11H,2-7H2,1H3,(H,13,17)(H,15,16)/t8-,9-,11-/m0/s1. The van der Waals surface area contributed by atoms with Crippen molar-refractivity contribution in [3.8, 4) is 0 Å². The van der Waals surface area contributed by atoms with Crippen LogP contribution in [0.15, 0.2) is 0 Å². The highest BCUT2D eigenvalue weighted by Crippen LogP contribution is 2.37. The number of nitrogens with zero attached hydrogens (tertiary/aromatic N) is 1. The van der Waals surface area contributed by atoms with Crippen molar-refractivity contribution in [2.24, 2.45) is 0 Å². The quantitative estimate of drug-likeness (QED) is 0.568. The zero-order valence-electron chi connectivity index (χ0n) is 10.6. The van der Waals surface area contributed by atoms with E-state index in [1.54, 1.807) is 0 Å². The van der Waals surface area contributed by atoms with E-state index in [1.165, 1.54) is 0 Å². The monoisotopic (exact) mass is 272 g/mol. The Morgan fingerprint density at radius 2 is 2.33 bits per heavy atom. The molecule has 5 nitrogen and oxygen atoms in total. The highest BCUT2D eigenvalue weighted by atomic mass is 32.2. The van der Waals surface area contributed by atoms with Crippen molar-refractivity contribution in [2.45, 2.75) is 49.9 Å². The number of fused-ring (bicyclic) bond motifs is 1. The largest absolute Gasteiger partial charge is 0.481 e. The van der Waals surface area contributed by atoms with E-state index in [4.69, 9.17) is 5.11 Å². The Balaban J connectivity index is 1.83. The minimum atomic E-state index is -0.722. The predicted molar refractivity (Wildman–Crippen MR) is 70.8 cm³/mol. The molecule has 2 aliphatic heterocycles. The first-order chi connectivity index (χ1) is 8.63. The number of likely N-dealkylation sites (N-methyl/N-ethyl adjacent to an activating group) is 1. The van der Waals surface area contributed by atoms with Gasteiger partial charge >= 0.3 is 12.0 Å². The second kappa shape index (κ2) is 5.82. The number of carbonyl (C=O) groups excluding carboxylic acids is 1. The summed E-state index contributed by atoms with van der Waals surface area (Å²) < 4.78 is 0. The molecule has 0 aromatic rings. The Morgan fingerprint density at radius 3 is 3.00 bits per heavy atom. The van der Waals surface area contributed by atoms with E-state index in [9.17, 15) is 9.59 Å². The summed E-state index contributed by atoms with van der Waals surface area (Å²) in [4.78, 5) is 24.1. The second-order valence-electron chi connectivity index (χ2n) is 4.84. The van der Waals surface area contributed by atoms with Gasteiger partial charge in [0.2, 0.25) is 0 Å². The summed E-state index contributed by atoms with van der Waals surface area (Å²) >= 11 is 1.91. The molecule has 2 N–H and O–H groups in total. The molecule has 2 fully saturated rings. The lowest BCUT2D eigenvalue weighted by Gasteiger charge is -2.26. The molecule has 0 unspecified atom stereocenters. The Kier molecular flexibility index (Phi) is 4.37. The van der Waals surface area contributed by atoms with Crippen molar-refractivity contribution >= 4 is 23.8 Å². The van der Waals surface area contributed by atoms with Gasteiger partial charge in [-0.25, -0.2) is 4.79 Å². The van der Waals surface area contributed by atoms with Gasteiger partial charge in [0.1, 0.15) is 0 Å². The van der Waals surface area contributed by atoms with Gasteiger partial charge in [0.15, 0.2) is 0 Å². The normalized spacial score (nSPS) is 30.4. The Labute approximate surface area is 111 Å². The first-order valence-electron chi connectivity index (χ1n) is 6.54. The molecular weight excluding hydrogens is 252 g/mol. The molecular formula is C12H20N2O3S. The average molecular weight is 272 g/mol. The number of hydrogen-bond donors (Lipinski definition) is 2. The third kappa shape index (κ3) is 2.74. The van der Waals surface area contributed by atoms with Gasteiger partial charge in [-0.2, -0.15) is 11.8 Å². The van der Waals surface area contributed by atoms with Crippen LogP contribution in [0.5, 0.6) is 0 Å². The zero-order chi connectivity index (χ0) is 13.1. The Bertz CT molecular complexity index is 337. The summed E-state index contributed by atoms with van der Waals surface area (Å²) in [5, 5.41) is 12.1. The SMILES string of the molecule is CCN1C(=O)N[C@H]2CS[C@@H](CCCCC(=O)O)[C@H]21.